The Hall–Kier alpha value is -2.41. The third-order valence-corrected chi connectivity index (χ3v) is 4.14. The van der Waals surface area contributed by atoms with E-state index in [9.17, 15) is 9.18 Å². The smallest absolute Gasteiger partial charge is 0.261 e. The molecule has 0 aliphatic heterocycles. The number of nitrogens with one attached hydrogen (secondary N) is 3. The van der Waals surface area contributed by atoms with E-state index in [-0.39, 0.29) is 11.7 Å². The first-order chi connectivity index (χ1) is 11.7. The van der Waals surface area contributed by atoms with Gasteiger partial charge < -0.3 is 16.0 Å². The first-order valence-corrected chi connectivity index (χ1v) is 8.57. The Morgan fingerprint density at radius 3 is 2.54 bits per heavy atom. The summed E-state index contributed by atoms with van der Waals surface area (Å²) < 4.78 is 12.9. The maximum absolute atomic E-state index is 12.9. The summed E-state index contributed by atoms with van der Waals surface area (Å²) in [6.07, 6.45) is 0.786. The van der Waals surface area contributed by atoms with E-state index in [0.29, 0.717) is 25.6 Å². The van der Waals surface area contributed by atoms with Crippen LogP contribution in [-0.2, 0) is 6.54 Å². The lowest BCUT2D eigenvalue weighted by Gasteiger charge is -2.12. The second-order valence-corrected chi connectivity index (χ2v) is 6.01. The van der Waals surface area contributed by atoms with Crippen LogP contribution in [0.3, 0.4) is 0 Å². The summed E-state index contributed by atoms with van der Waals surface area (Å²) >= 11 is 1.43. The summed E-state index contributed by atoms with van der Waals surface area (Å²) in [4.78, 5) is 16.6. The summed E-state index contributed by atoms with van der Waals surface area (Å²) in [7, 11) is 1.69. The minimum atomic E-state index is -0.245. The fourth-order valence-electron chi connectivity index (χ4n) is 2.00. The number of hydrogen-bond donors (Lipinski definition) is 3. The lowest BCUT2D eigenvalue weighted by molar-refractivity contribution is 0.0957. The molecule has 5 nitrogen and oxygen atoms in total. The van der Waals surface area contributed by atoms with Gasteiger partial charge in [0, 0.05) is 26.7 Å². The third kappa shape index (κ3) is 6.00. The van der Waals surface area contributed by atoms with Gasteiger partial charge in [0.1, 0.15) is 5.82 Å². The van der Waals surface area contributed by atoms with Crippen LogP contribution in [0.5, 0.6) is 0 Å². The summed E-state index contributed by atoms with van der Waals surface area (Å²) in [6, 6.07) is 10.00. The van der Waals surface area contributed by atoms with Gasteiger partial charge in [0.05, 0.1) is 4.88 Å². The normalized spacial score (nSPS) is 11.2. The largest absolute Gasteiger partial charge is 0.356 e. The van der Waals surface area contributed by atoms with E-state index >= 15 is 0 Å². The van der Waals surface area contributed by atoms with Crippen molar-refractivity contribution in [2.45, 2.75) is 13.0 Å². The summed E-state index contributed by atoms with van der Waals surface area (Å²) in [5, 5.41) is 11.1. The van der Waals surface area contributed by atoms with Gasteiger partial charge in [0.2, 0.25) is 0 Å². The Bertz CT molecular complexity index is 656. The van der Waals surface area contributed by atoms with Gasteiger partial charge >= 0.3 is 0 Å². The van der Waals surface area contributed by atoms with Gasteiger partial charge in [-0.15, -0.1) is 11.3 Å². The van der Waals surface area contributed by atoms with Crippen molar-refractivity contribution in [3.8, 4) is 0 Å². The maximum atomic E-state index is 12.9. The number of carbonyl (C=O) groups is 1. The molecule has 0 atom stereocenters. The average molecular weight is 348 g/mol. The van der Waals surface area contributed by atoms with Crippen molar-refractivity contribution in [2.24, 2.45) is 4.99 Å². The number of carbonyl (C=O) groups excluding carboxylic acids is 1. The van der Waals surface area contributed by atoms with Crippen LogP contribution in [0.15, 0.2) is 46.8 Å². The minimum Gasteiger partial charge on any atom is -0.356 e. The Kier molecular flexibility index (Phi) is 7.22. The van der Waals surface area contributed by atoms with Crippen molar-refractivity contribution in [1.29, 1.82) is 0 Å². The maximum Gasteiger partial charge on any atom is 0.261 e. The number of thiophene rings is 1. The summed E-state index contributed by atoms with van der Waals surface area (Å²) in [6.45, 7) is 1.85. The number of rotatable bonds is 7. The van der Waals surface area contributed by atoms with Crippen molar-refractivity contribution < 1.29 is 9.18 Å². The van der Waals surface area contributed by atoms with Gasteiger partial charge in [-0.1, -0.05) is 18.2 Å². The summed E-state index contributed by atoms with van der Waals surface area (Å²) in [5.41, 5.74) is 0.975. The number of benzene rings is 1. The first kappa shape index (κ1) is 17.9. The zero-order valence-electron chi connectivity index (χ0n) is 13.5. The standard InChI is InChI=1S/C17H21FN4OS/c1-19-17(22-12-13-5-7-14(18)8-6-13)21-10-3-9-20-16(23)15-4-2-11-24-15/h2,4-8,11H,3,9-10,12H2,1H3,(H,20,23)(H2,19,21,22). The average Bonchev–Trinajstić information content (AvgIpc) is 3.13. The SMILES string of the molecule is CN=C(NCCCNC(=O)c1cccs1)NCc1ccc(F)cc1. The molecule has 0 aliphatic carbocycles. The zero-order chi connectivity index (χ0) is 17.2. The molecular weight excluding hydrogens is 327 g/mol. The van der Waals surface area contributed by atoms with Gasteiger partial charge in [-0.2, -0.15) is 0 Å². The van der Waals surface area contributed by atoms with Crippen LogP contribution in [-0.4, -0.2) is 32.0 Å². The van der Waals surface area contributed by atoms with Crippen LogP contribution < -0.4 is 16.0 Å². The van der Waals surface area contributed by atoms with Crippen LogP contribution in [0.2, 0.25) is 0 Å². The van der Waals surface area contributed by atoms with Crippen molar-refractivity contribution in [3.05, 3.63) is 58.0 Å². The highest BCUT2D eigenvalue weighted by molar-refractivity contribution is 7.12. The molecule has 2 aromatic rings. The molecule has 0 bridgehead atoms. The van der Waals surface area contributed by atoms with Crippen LogP contribution in [0, 0.1) is 5.82 Å². The Balaban J connectivity index is 1.61. The zero-order valence-corrected chi connectivity index (χ0v) is 14.3. The molecule has 0 aliphatic rings. The molecule has 1 aromatic carbocycles. The molecule has 24 heavy (non-hydrogen) atoms. The number of aliphatic imine (C=N–C) groups is 1. The molecule has 7 heteroatoms. The predicted molar refractivity (Wildman–Crippen MR) is 95.9 cm³/mol. The van der Waals surface area contributed by atoms with Gasteiger partial charge in [-0.25, -0.2) is 4.39 Å². The molecule has 1 amide bonds. The van der Waals surface area contributed by atoms with Crippen molar-refractivity contribution in [2.75, 3.05) is 20.1 Å². The molecule has 0 unspecified atom stereocenters. The lowest BCUT2D eigenvalue weighted by atomic mass is 10.2. The van der Waals surface area contributed by atoms with E-state index in [1.807, 2.05) is 11.4 Å². The van der Waals surface area contributed by atoms with E-state index in [4.69, 9.17) is 0 Å². The van der Waals surface area contributed by atoms with E-state index in [1.165, 1.54) is 23.5 Å². The summed E-state index contributed by atoms with van der Waals surface area (Å²) in [5.74, 6) is 0.388. The van der Waals surface area contributed by atoms with Crippen LogP contribution in [0.1, 0.15) is 21.7 Å². The first-order valence-electron chi connectivity index (χ1n) is 7.69. The molecule has 3 N–H and O–H groups in total. The third-order valence-electron chi connectivity index (χ3n) is 3.27. The quantitative estimate of drug-likeness (QED) is 0.409. The second kappa shape index (κ2) is 9.67. The molecular formula is C17H21FN4OS. The Morgan fingerprint density at radius 1 is 1.12 bits per heavy atom. The molecule has 0 fully saturated rings. The van der Waals surface area contributed by atoms with Gasteiger partial charge in [0.15, 0.2) is 5.96 Å². The Labute approximate surface area is 145 Å². The van der Waals surface area contributed by atoms with Gasteiger partial charge in [0.25, 0.3) is 5.91 Å². The molecule has 0 saturated heterocycles. The van der Waals surface area contributed by atoms with Crippen molar-refractivity contribution >= 4 is 23.2 Å². The van der Waals surface area contributed by atoms with Gasteiger partial charge in [-0.05, 0) is 35.6 Å². The molecule has 128 valence electrons. The number of nitrogens with zero attached hydrogens (tertiary/aromatic N) is 1. The number of hydrogen-bond acceptors (Lipinski definition) is 3. The van der Waals surface area contributed by atoms with Crippen molar-refractivity contribution in [3.63, 3.8) is 0 Å². The number of guanidine groups is 1. The van der Waals surface area contributed by atoms with Gasteiger partial charge in [-0.3, -0.25) is 9.79 Å². The lowest BCUT2D eigenvalue weighted by Crippen LogP contribution is -2.38. The van der Waals surface area contributed by atoms with Crippen LogP contribution >= 0.6 is 11.3 Å². The molecule has 1 heterocycles. The monoisotopic (exact) mass is 348 g/mol. The predicted octanol–water partition coefficient (Wildman–Crippen LogP) is 2.37. The minimum absolute atomic E-state index is 0.0381. The molecule has 0 spiro atoms. The fraction of sp³-hybridized carbons (Fsp3) is 0.294. The highest BCUT2D eigenvalue weighted by Crippen LogP contribution is 2.07. The van der Waals surface area contributed by atoms with E-state index in [2.05, 4.69) is 20.9 Å². The molecule has 0 radical (unpaired) electrons. The molecule has 1 aromatic heterocycles. The van der Waals surface area contributed by atoms with Crippen molar-refractivity contribution in [1.82, 2.24) is 16.0 Å². The van der Waals surface area contributed by atoms with Crippen LogP contribution in [0.25, 0.3) is 0 Å². The highest BCUT2D eigenvalue weighted by atomic mass is 32.1. The van der Waals surface area contributed by atoms with E-state index < -0.39 is 0 Å². The topological polar surface area (TPSA) is 65.5 Å². The molecule has 2 rings (SSSR count). The number of halogens is 1. The van der Waals surface area contributed by atoms with E-state index in [0.717, 1.165) is 16.9 Å². The van der Waals surface area contributed by atoms with E-state index in [1.54, 1.807) is 25.2 Å². The second-order valence-electron chi connectivity index (χ2n) is 5.07. The highest BCUT2D eigenvalue weighted by Gasteiger charge is 2.04. The Morgan fingerprint density at radius 2 is 1.88 bits per heavy atom. The van der Waals surface area contributed by atoms with Crippen LogP contribution in [0.4, 0.5) is 4.39 Å². The fourth-order valence-corrected chi connectivity index (χ4v) is 2.64. The molecule has 0 saturated carbocycles. The number of amides is 1.